The predicted molar refractivity (Wildman–Crippen MR) is 189 cm³/mol. The summed E-state index contributed by atoms with van der Waals surface area (Å²) < 4.78 is 16.7. The van der Waals surface area contributed by atoms with Crippen LogP contribution in [0.5, 0.6) is 0 Å². The van der Waals surface area contributed by atoms with Crippen LogP contribution in [0.4, 0.5) is 17.1 Å². The van der Waals surface area contributed by atoms with Crippen LogP contribution in [0.15, 0.2) is 193 Å². The number of hydrogen-bond acceptors (Lipinski definition) is 3. The Balaban J connectivity index is 1.19. The Kier molecular flexibility index (Phi) is 5.22. The number of anilines is 3. The van der Waals surface area contributed by atoms with Gasteiger partial charge in [-0.25, -0.2) is 0 Å². The molecule has 0 saturated carbocycles. The molecule has 3 heterocycles. The quantitative estimate of drug-likeness (QED) is 0.191. The van der Waals surface area contributed by atoms with Crippen molar-refractivity contribution < 1.29 is 4.21 Å². The second kappa shape index (κ2) is 9.20. The van der Waals surface area contributed by atoms with Crippen molar-refractivity contribution >= 4 is 37.9 Å². The van der Waals surface area contributed by atoms with E-state index in [0.29, 0.717) is 0 Å². The van der Waals surface area contributed by atoms with Gasteiger partial charge in [-0.1, -0.05) is 115 Å². The molecule has 0 aliphatic carbocycles. The van der Waals surface area contributed by atoms with Crippen molar-refractivity contribution in [2.24, 2.45) is 0 Å². The van der Waals surface area contributed by atoms with E-state index in [1.807, 2.05) is 30.0 Å². The van der Waals surface area contributed by atoms with Crippen LogP contribution in [-0.4, -0.2) is 4.21 Å². The summed E-state index contributed by atoms with van der Waals surface area (Å²) >= 11 is 1.82. The molecule has 0 atom stereocenters. The van der Waals surface area contributed by atoms with Crippen molar-refractivity contribution in [2.45, 2.75) is 29.4 Å². The van der Waals surface area contributed by atoms with Crippen molar-refractivity contribution in [1.29, 1.82) is 0 Å². The standard InChI is InChI=1S/C42H27NOS2/c44-46(38-20-8-1-12-31(38)32-13-2-9-21-39(32)46)40-22-10-3-14-33(40)42-30(15-11-23-41(42)46)28-24-26-29(27-25-28)43-34-16-4-6-18-36(34)45-37-19-7-5-17-35(37)43/h1-27H. The fourth-order valence-electron chi connectivity index (χ4n) is 7.93. The van der Waals surface area contributed by atoms with Crippen molar-refractivity contribution in [2.75, 3.05) is 4.90 Å². The van der Waals surface area contributed by atoms with Crippen LogP contribution in [0, 0.1) is 0 Å². The number of nitrogens with zero attached hydrogens (tertiary/aromatic N) is 1. The van der Waals surface area contributed by atoms with Gasteiger partial charge < -0.3 is 4.90 Å². The first-order valence-electron chi connectivity index (χ1n) is 15.5. The van der Waals surface area contributed by atoms with E-state index in [1.165, 1.54) is 21.2 Å². The van der Waals surface area contributed by atoms with Crippen LogP contribution >= 0.6 is 11.8 Å². The van der Waals surface area contributed by atoms with Crippen LogP contribution in [-0.2, 0) is 9.07 Å². The molecule has 4 heteroatoms. The number of fused-ring (bicyclic) bond motifs is 12. The summed E-state index contributed by atoms with van der Waals surface area (Å²) in [5, 5.41) is 0. The van der Waals surface area contributed by atoms with Crippen LogP contribution in [0.3, 0.4) is 0 Å². The van der Waals surface area contributed by atoms with E-state index >= 15 is 4.21 Å². The minimum absolute atomic E-state index is 0.910. The molecule has 46 heavy (non-hydrogen) atoms. The maximum atomic E-state index is 16.7. The van der Waals surface area contributed by atoms with E-state index in [1.54, 1.807) is 0 Å². The van der Waals surface area contributed by atoms with Crippen LogP contribution in [0.1, 0.15) is 0 Å². The first kappa shape index (κ1) is 26.1. The van der Waals surface area contributed by atoms with Gasteiger partial charge in [0.2, 0.25) is 0 Å². The summed E-state index contributed by atoms with van der Waals surface area (Å²) in [4.78, 5) is 8.50. The Morgan fingerprint density at radius 2 is 0.870 bits per heavy atom. The summed E-state index contributed by atoms with van der Waals surface area (Å²) in [6, 6.07) is 57.4. The smallest absolute Gasteiger partial charge is 0.0601 e. The molecule has 0 saturated heterocycles. The maximum absolute atomic E-state index is 16.7. The minimum Gasteiger partial charge on any atom is -0.308 e. The molecular weight excluding hydrogens is 599 g/mol. The monoisotopic (exact) mass is 625 g/mol. The fourth-order valence-corrected chi connectivity index (χ4v) is 14.2. The minimum atomic E-state index is -3.86. The number of benzene rings is 7. The lowest BCUT2D eigenvalue weighted by atomic mass is 9.94. The average Bonchev–Trinajstić information content (AvgIpc) is 3.52. The molecule has 3 aliphatic rings. The highest BCUT2D eigenvalue weighted by molar-refractivity contribution is 8.21. The summed E-state index contributed by atoms with van der Waals surface area (Å²) in [5.74, 6) is 0. The molecule has 1 spiro atoms. The van der Waals surface area contributed by atoms with Crippen molar-refractivity contribution in [3.63, 3.8) is 0 Å². The van der Waals surface area contributed by atoms with Crippen molar-refractivity contribution in [3.05, 3.63) is 164 Å². The Morgan fingerprint density at radius 3 is 1.48 bits per heavy atom. The summed E-state index contributed by atoms with van der Waals surface area (Å²) in [5.41, 5.74) is 9.93. The van der Waals surface area contributed by atoms with Gasteiger partial charge in [0.25, 0.3) is 0 Å². The normalized spacial score (nSPS) is 16.3. The zero-order chi connectivity index (χ0) is 30.5. The van der Waals surface area contributed by atoms with Crippen molar-refractivity contribution in [3.8, 4) is 33.4 Å². The molecule has 3 aliphatic heterocycles. The Hall–Kier alpha value is -5.16. The van der Waals surface area contributed by atoms with Gasteiger partial charge in [0.15, 0.2) is 0 Å². The van der Waals surface area contributed by atoms with Gasteiger partial charge in [-0.3, -0.25) is 4.21 Å². The predicted octanol–water partition coefficient (Wildman–Crippen LogP) is 11.6. The van der Waals surface area contributed by atoms with E-state index < -0.39 is 9.07 Å². The number of rotatable bonds is 2. The molecule has 218 valence electrons. The van der Waals surface area contributed by atoms with E-state index in [4.69, 9.17) is 0 Å². The summed E-state index contributed by atoms with van der Waals surface area (Å²) in [7, 11) is -3.86. The average molecular weight is 626 g/mol. The van der Waals surface area contributed by atoms with Gasteiger partial charge in [0.05, 0.1) is 11.4 Å². The molecule has 0 bridgehead atoms. The lowest BCUT2D eigenvalue weighted by Crippen LogP contribution is -2.30. The Labute approximate surface area is 272 Å². The molecule has 0 unspecified atom stereocenters. The highest BCUT2D eigenvalue weighted by atomic mass is 32.3. The first-order chi connectivity index (χ1) is 22.7. The summed E-state index contributed by atoms with van der Waals surface area (Å²) in [6.07, 6.45) is 0. The zero-order valence-corrected chi connectivity index (χ0v) is 26.4. The van der Waals surface area contributed by atoms with Gasteiger partial charge in [-0.15, -0.1) is 0 Å². The van der Waals surface area contributed by atoms with Crippen LogP contribution < -0.4 is 4.90 Å². The van der Waals surface area contributed by atoms with E-state index in [2.05, 4.69) is 150 Å². The molecule has 10 rings (SSSR count). The van der Waals surface area contributed by atoms with Gasteiger partial charge in [0, 0.05) is 49.7 Å². The largest absolute Gasteiger partial charge is 0.308 e. The third-order valence-corrected chi connectivity index (χ3v) is 15.7. The zero-order valence-electron chi connectivity index (χ0n) is 24.8. The van der Waals surface area contributed by atoms with Crippen molar-refractivity contribution in [1.82, 2.24) is 0 Å². The molecular formula is C42H27NOS2. The third kappa shape index (κ3) is 3.10. The lowest BCUT2D eigenvalue weighted by molar-refractivity contribution is 0.658. The van der Waals surface area contributed by atoms with E-state index in [9.17, 15) is 0 Å². The highest BCUT2D eigenvalue weighted by Crippen LogP contribution is 2.71. The number of para-hydroxylation sites is 2. The highest BCUT2D eigenvalue weighted by Gasteiger charge is 2.57. The molecule has 0 aromatic heterocycles. The van der Waals surface area contributed by atoms with Gasteiger partial charge >= 0.3 is 0 Å². The molecule has 0 amide bonds. The molecule has 7 aromatic carbocycles. The second-order valence-electron chi connectivity index (χ2n) is 12.0. The van der Waals surface area contributed by atoms with E-state index in [0.717, 1.165) is 58.7 Å². The van der Waals surface area contributed by atoms with Gasteiger partial charge in [0.1, 0.15) is 0 Å². The van der Waals surface area contributed by atoms with E-state index in [-0.39, 0.29) is 0 Å². The molecule has 2 nitrogen and oxygen atoms in total. The number of hydrogen-bond donors (Lipinski definition) is 0. The van der Waals surface area contributed by atoms with Gasteiger partial charge in [-0.05, 0) is 88.5 Å². The van der Waals surface area contributed by atoms with Crippen LogP contribution in [0.2, 0.25) is 0 Å². The Morgan fingerprint density at radius 1 is 0.413 bits per heavy atom. The molecule has 0 fully saturated rings. The molecule has 0 radical (unpaired) electrons. The maximum Gasteiger partial charge on any atom is 0.0601 e. The van der Waals surface area contributed by atoms with Crippen LogP contribution in [0.25, 0.3) is 33.4 Å². The molecule has 7 aromatic rings. The third-order valence-electron chi connectivity index (χ3n) is 9.79. The molecule has 0 N–H and O–H groups in total. The fraction of sp³-hybridized carbons (Fsp3) is 0. The second-order valence-corrected chi connectivity index (χ2v) is 16.8. The Bertz CT molecular complexity index is 2380. The van der Waals surface area contributed by atoms with Gasteiger partial charge in [-0.2, -0.15) is 0 Å². The first-order valence-corrected chi connectivity index (χ1v) is 18.3. The SMILES string of the molecule is O=S12(c3ccccc3-c3ccccc31)c1ccccc1-c1c(-c3ccc(N4c5ccccc5Sc5ccccc54)cc3)cccc12. The summed E-state index contributed by atoms with van der Waals surface area (Å²) in [6.45, 7) is 0. The topological polar surface area (TPSA) is 20.3 Å². The lowest BCUT2D eigenvalue weighted by Gasteiger charge is -2.38.